The Morgan fingerprint density at radius 2 is 1.76 bits per heavy atom. The second-order valence-corrected chi connectivity index (χ2v) is 10.4. The Hall–Kier alpha value is -3.38. The molecule has 3 aromatic carbocycles. The summed E-state index contributed by atoms with van der Waals surface area (Å²) in [4.78, 5) is 43.9. The summed E-state index contributed by atoms with van der Waals surface area (Å²) < 4.78 is 0. The van der Waals surface area contributed by atoms with Crippen molar-refractivity contribution in [3.8, 4) is 0 Å². The number of hydrogen-bond donors (Lipinski definition) is 1. The minimum atomic E-state index is -0.665. The summed E-state index contributed by atoms with van der Waals surface area (Å²) in [6.45, 7) is 1.95. The van der Waals surface area contributed by atoms with Crippen LogP contribution < -0.4 is 10.2 Å². The van der Waals surface area contributed by atoms with Crippen LogP contribution >= 0.6 is 11.6 Å². The van der Waals surface area contributed by atoms with Crippen molar-refractivity contribution < 1.29 is 14.4 Å². The van der Waals surface area contributed by atoms with E-state index in [-0.39, 0.29) is 36.9 Å². The molecule has 1 atom stereocenters. The third-order valence-electron chi connectivity index (χ3n) is 7.58. The van der Waals surface area contributed by atoms with E-state index in [2.05, 4.69) is 5.32 Å². The highest BCUT2D eigenvalue weighted by molar-refractivity contribution is 6.31. The Morgan fingerprint density at radius 3 is 2.49 bits per heavy atom. The first-order chi connectivity index (χ1) is 18.0. The molecule has 1 aliphatic carbocycles. The molecular weight excluding hydrogens is 486 g/mol. The van der Waals surface area contributed by atoms with Gasteiger partial charge in [-0.05, 0) is 48.4 Å². The maximum Gasteiger partial charge on any atom is 0.259 e. The molecular formula is C30H32ClN3O3. The number of benzene rings is 3. The van der Waals surface area contributed by atoms with Gasteiger partial charge in [0.15, 0.2) is 0 Å². The van der Waals surface area contributed by atoms with Crippen molar-refractivity contribution in [3.63, 3.8) is 0 Å². The largest absolute Gasteiger partial charge is 0.352 e. The molecule has 7 heteroatoms. The Morgan fingerprint density at radius 1 is 1.03 bits per heavy atom. The van der Waals surface area contributed by atoms with Gasteiger partial charge in [-0.25, -0.2) is 0 Å². The molecule has 1 N–H and O–H groups in total. The zero-order chi connectivity index (χ0) is 25.9. The van der Waals surface area contributed by atoms with Crippen LogP contribution in [0.2, 0.25) is 5.02 Å². The topological polar surface area (TPSA) is 69.7 Å². The van der Waals surface area contributed by atoms with E-state index in [1.54, 1.807) is 17.0 Å². The highest BCUT2D eigenvalue weighted by atomic mass is 35.5. The third-order valence-corrected chi connectivity index (χ3v) is 7.95. The van der Waals surface area contributed by atoms with Crippen LogP contribution in [0.5, 0.6) is 0 Å². The molecule has 6 nitrogen and oxygen atoms in total. The molecule has 1 unspecified atom stereocenters. The number of nitrogens with zero attached hydrogens (tertiary/aromatic N) is 2. The Labute approximate surface area is 222 Å². The van der Waals surface area contributed by atoms with E-state index in [9.17, 15) is 14.4 Å². The zero-order valence-electron chi connectivity index (χ0n) is 21.1. The molecule has 3 amide bonds. The first kappa shape index (κ1) is 25.3. The second kappa shape index (κ2) is 10.9. The number of anilines is 1. The standard InChI is InChI=1S/C30H32ClN3O3/c1-2-25(29(36)32-22-13-4-3-5-14-22)33(18-21-10-6-7-16-24(21)31)27(35)19-34-26-17-9-12-20-11-8-15-23(28(20)26)30(34)37/h6-12,15-17,22,25H,2-5,13-14,18-19H2,1H3,(H,32,36). The molecule has 0 saturated heterocycles. The van der Waals surface area contributed by atoms with Gasteiger partial charge in [-0.15, -0.1) is 0 Å². The van der Waals surface area contributed by atoms with Crippen LogP contribution in [0, 0.1) is 0 Å². The Bertz CT molecular complexity index is 1330. The molecule has 0 spiro atoms. The lowest BCUT2D eigenvalue weighted by molar-refractivity contribution is -0.140. The summed E-state index contributed by atoms with van der Waals surface area (Å²) in [5.74, 6) is -0.630. The molecule has 1 aliphatic heterocycles. The molecule has 192 valence electrons. The molecule has 0 radical (unpaired) electrons. The fourth-order valence-electron chi connectivity index (χ4n) is 5.64. The normalized spacial score (nSPS) is 16.2. The SMILES string of the molecule is CCC(C(=O)NC1CCCCC1)N(Cc1ccccc1Cl)C(=O)CN1C(=O)c2cccc3cccc1c23. The number of amides is 3. The van der Waals surface area contributed by atoms with Crippen molar-refractivity contribution in [1.29, 1.82) is 0 Å². The summed E-state index contributed by atoms with van der Waals surface area (Å²) in [7, 11) is 0. The average Bonchev–Trinajstić information content (AvgIpc) is 3.18. The van der Waals surface area contributed by atoms with Gasteiger partial charge in [-0.3, -0.25) is 19.3 Å². The highest BCUT2D eigenvalue weighted by Crippen LogP contribution is 2.37. The van der Waals surface area contributed by atoms with Gasteiger partial charge in [0.2, 0.25) is 11.8 Å². The van der Waals surface area contributed by atoms with Crippen molar-refractivity contribution >= 4 is 45.8 Å². The molecule has 3 aromatic rings. The van der Waals surface area contributed by atoms with Crippen LogP contribution in [0.15, 0.2) is 60.7 Å². The van der Waals surface area contributed by atoms with Crippen LogP contribution in [0.3, 0.4) is 0 Å². The molecule has 0 bridgehead atoms. The number of nitrogens with one attached hydrogen (secondary N) is 1. The van der Waals surface area contributed by atoms with Gasteiger partial charge in [0, 0.05) is 28.6 Å². The summed E-state index contributed by atoms with van der Waals surface area (Å²) in [6, 6.07) is 18.2. The number of halogens is 1. The maximum absolute atomic E-state index is 13.9. The first-order valence-electron chi connectivity index (χ1n) is 13.1. The summed E-state index contributed by atoms with van der Waals surface area (Å²) in [5, 5.41) is 5.56. The van der Waals surface area contributed by atoms with E-state index in [0.29, 0.717) is 17.0 Å². The fraction of sp³-hybridized carbons (Fsp3) is 0.367. The van der Waals surface area contributed by atoms with Gasteiger partial charge >= 0.3 is 0 Å². The van der Waals surface area contributed by atoms with Gasteiger partial charge in [-0.1, -0.05) is 80.3 Å². The number of rotatable bonds is 8. The van der Waals surface area contributed by atoms with Crippen molar-refractivity contribution in [1.82, 2.24) is 10.2 Å². The molecule has 37 heavy (non-hydrogen) atoms. The second-order valence-electron chi connectivity index (χ2n) is 9.95. The van der Waals surface area contributed by atoms with Gasteiger partial charge in [0.1, 0.15) is 12.6 Å². The fourth-order valence-corrected chi connectivity index (χ4v) is 5.83. The number of hydrogen-bond acceptors (Lipinski definition) is 3. The van der Waals surface area contributed by atoms with Crippen LogP contribution in [0.25, 0.3) is 10.8 Å². The minimum Gasteiger partial charge on any atom is -0.352 e. The van der Waals surface area contributed by atoms with Gasteiger partial charge in [0.25, 0.3) is 5.91 Å². The quantitative estimate of drug-likeness (QED) is 0.416. The smallest absolute Gasteiger partial charge is 0.259 e. The van der Waals surface area contributed by atoms with Gasteiger partial charge in [-0.2, -0.15) is 0 Å². The van der Waals surface area contributed by atoms with Crippen molar-refractivity contribution in [2.75, 3.05) is 11.4 Å². The predicted octanol–water partition coefficient (Wildman–Crippen LogP) is 5.71. The van der Waals surface area contributed by atoms with E-state index in [1.807, 2.05) is 55.5 Å². The van der Waals surface area contributed by atoms with E-state index in [4.69, 9.17) is 11.6 Å². The molecule has 5 rings (SSSR count). The van der Waals surface area contributed by atoms with Crippen molar-refractivity contribution in [3.05, 3.63) is 76.8 Å². The molecule has 0 aromatic heterocycles. The minimum absolute atomic E-state index is 0.139. The van der Waals surface area contributed by atoms with Crippen LogP contribution in [0.1, 0.15) is 61.4 Å². The van der Waals surface area contributed by atoms with E-state index in [0.717, 1.165) is 47.7 Å². The molecule has 1 saturated carbocycles. The van der Waals surface area contributed by atoms with Crippen molar-refractivity contribution in [2.45, 2.75) is 64.1 Å². The first-order valence-corrected chi connectivity index (χ1v) is 13.5. The van der Waals surface area contributed by atoms with Crippen LogP contribution in [-0.2, 0) is 16.1 Å². The summed E-state index contributed by atoms with van der Waals surface area (Å²) in [6.07, 6.45) is 5.79. The molecule has 2 aliphatic rings. The lowest BCUT2D eigenvalue weighted by atomic mass is 9.95. The lowest BCUT2D eigenvalue weighted by Gasteiger charge is -2.34. The Balaban J connectivity index is 1.43. The van der Waals surface area contributed by atoms with Crippen molar-refractivity contribution in [2.24, 2.45) is 0 Å². The van der Waals surface area contributed by atoms with Gasteiger partial charge < -0.3 is 10.2 Å². The maximum atomic E-state index is 13.9. The highest BCUT2D eigenvalue weighted by Gasteiger charge is 2.35. The molecule has 1 fully saturated rings. The summed E-state index contributed by atoms with van der Waals surface area (Å²) in [5.41, 5.74) is 2.09. The van der Waals surface area contributed by atoms with Crippen LogP contribution in [-0.4, -0.2) is 41.2 Å². The number of carbonyl (C=O) groups is 3. The average molecular weight is 518 g/mol. The van der Waals surface area contributed by atoms with E-state index >= 15 is 0 Å². The summed E-state index contributed by atoms with van der Waals surface area (Å²) >= 11 is 6.46. The predicted molar refractivity (Wildman–Crippen MR) is 147 cm³/mol. The van der Waals surface area contributed by atoms with Gasteiger partial charge in [0.05, 0.1) is 5.69 Å². The molecule has 1 heterocycles. The number of carbonyl (C=O) groups excluding carboxylic acids is 3. The zero-order valence-corrected chi connectivity index (χ0v) is 21.8. The monoisotopic (exact) mass is 517 g/mol. The third kappa shape index (κ3) is 5.08. The van der Waals surface area contributed by atoms with E-state index < -0.39 is 6.04 Å². The Kier molecular flexibility index (Phi) is 7.47. The van der Waals surface area contributed by atoms with Crippen LogP contribution in [0.4, 0.5) is 5.69 Å². The lowest BCUT2D eigenvalue weighted by Crippen LogP contribution is -2.53. The van der Waals surface area contributed by atoms with E-state index in [1.165, 1.54) is 11.3 Å².